The summed E-state index contributed by atoms with van der Waals surface area (Å²) in [6, 6.07) is 2.56. The summed E-state index contributed by atoms with van der Waals surface area (Å²) in [6.07, 6.45) is 9.69. The van der Waals surface area contributed by atoms with E-state index in [0.29, 0.717) is 6.04 Å². The van der Waals surface area contributed by atoms with Gasteiger partial charge in [0.15, 0.2) is 0 Å². The minimum Gasteiger partial charge on any atom is -0.351 e. The highest BCUT2D eigenvalue weighted by Crippen LogP contribution is 2.25. The highest BCUT2D eigenvalue weighted by atomic mass is 15.2. The van der Waals surface area contributed by atoms with Crippen molar-refractivity contribution in [1.29, 1.82) is 0 Å². The number of aromatic nitrogens is 2. The third-order valence-electron chi connectivity index (χ3n) is 5.14. The molecule has 1 aliphatic carbocycles. The van der Waals surface area contributed by atoms with Crippen LogP contribution in [0.4, 0.5) is 5.95 Å². The van der Waals surface area contributed by atoms with Gasteiger partial charge >= 0.3 is 0 Å². The van der Waals surface area contributed by atoms with E-state index in [1.54, 1.807) is 0 Å². The van der Waals surface area contributed by atoms with Crippen LogP contribution in [-0.4, -0.2) is 40.5 Å². The lowest BCUT2D eigenvalue weighted by Gasteiger charge is -2.35. The zero-order valence-corrected chi connectivity index (χ0v) is 14.1. The Hall–Kier alpha value is -1.16. The maximum absolute atomic E-state index is 4.50. The number of piperidine rings is 1. The van der Waals surface area contributed by atoms with Crippen LogP contribution in [-0.2, 0) is 0 Å². The molecule has 2 heterocycles. The normalized spacial score (nSPS) is 21.9. The number of hydrogen-bond acceptors (Lipinski definition) is 4. The Kier molecular flexibility index (Phi) is 5.29. The highest BCUT2D eigenvalue weighted by molar-refractivity contribution is 5.29. The summed E-state index contributed by atoms with van der Waals surface area (Å²) < 4.78 is 0. The molecule has 1 aliphatic heterocycles. The zero-order chi connectivity index (χ0) is 15.4. The highest BCUT2D eigenvalue weighted by Gasteiger charge is 2.23. The first-order valence-electron chi connectivity index (χ1n) is 9.00. The molecule has 0 bridgehead atoms. The first-order valence-corrected chi connectivity index (χ1v) is 9.00. The standard InChI is InChI=1S/C18H30N4/c1-14-12-15(2)20-18(19-14)21-17-8-10-22(11-9-17)13-16-6-4-3-5-7-16/h12,16-17H,3-11,13H2,1-2H3,(H,19,20,21). The molecule has 1 aromatic rings. The second kappa shape index (κ2) is 7.40. The molecule has 3 rings (SSSR count). The van der Waals surface area contributed by atoms with E-state index in [1.807, 2.05) is 19.9 Å². The molecule has 0 atom stereocenters. The Morgan fingerprint density at radius 1 is 1.00 bits per heavy atom. The second-order valence-electron chi connectivity index (χ2n) is 7.20. The average Bonchev–Trinajstić information content (AvgIpc) is 2.49. The number of anilines is 1. The number of nitrogens with one attached hydrogen (secondary N) is 1. The second-order valence-corrected chi connectivity index (χ2v) is 7.20. The van der Waals surface area contributed by atoms with Crippen LogP contribution in [0.15, 0.2) is 6.07 Å². The molecular formula is C18H30N4. The molecule has 0 amide bonds. The van der Waals surface area contributed by atoms with Gasteiger partial charge in [0, 0.05) is 37.1 Å². The van der Waals surface area contributed by atoms with Crippen molar-refractivity contribution in [2.45, 2.75) is 64.8 Å². The number of hydrogen-bond donors (Lipinski definition) is 1. The molecule has 2 aliphatic rings. The predicted octanol–water partition coefficient (Wildman–Crippen LogP) is 3.55. The first kappa shape index (κ1) is 15.7. The van der Waals surface area contributed by atoms with Crippen molar-refractivity contribution < 1.29 is 0 Å². The van der Waals surface area contributed by atoms with E-state index < -0.39 is 0 Å². The Morgan fingerprint density at radius 3 is 2.27 bits per heavy atom. The largest absolute Gasteiger partial charge is 0.351 e. The van der Waals surface area contributed by atoms with Crippen molar-refractivity contribution in [2.75, 3.05) is 25.0 Å². The molecule has 0 unspecified atom stereocenters. The minimum absolute atomic E-state index is 0.531. The van der Waals surface area contributed by atoms with Crippen molar-refractivity contribution in [3.8, 4) is 0 Å². The van der Waals surface area contributed by atoms with Crippen LogP contribution in [0.2, 0.25) is 0 Å². The number of aryl methyl sites for hydroxylation is 2. The van der Waals surface area contributed by atoms with Gasteiger partial charge in [-0.3, -0.25) is 0 Å². The summed E-state index contributed by atoms with van der Waals surface area (Å²) in [5.41, 5.74) is 2.09. The molecule has 1 saturated carbocycles. The van der Waals surface area contributed by atoms with E-state index in [-0.39, 0.29) is 0 Å². The first-order chi connectivity index (χ1) is 10.7. The quantitative estimate of drug-likeness (QED) is 0.923. The fraction of sp³-hybridized carbons (Fsp3) is 0.778. The van der Waals surface area contributed by atoms with Crippen molar-refractivity contribution in [3.05, 3.63) is 17.5 Å². The molecule has 4 nitrogen and oxygen atoms in total. The Bertz CT molecular complexity index is 454. The summed E-state index contributed by atoms with van der Waals surface area (Å²) in [6.45, 7) is 7.84. The maximum Gasteiger partial charge on any atom is 0.223 e. The van der Waals surface area contributed by atoms with Gasteiger partial charge in [0.05, 0.1) is 0 Å². The summed E-state index contributed by atoms with van der Waals surface area (Å²) >= 11 is 0. The van der Waals surface area contributed by atoms with Crippen LogP contribution in [0, 0.1) is 19.8 Å². The van der Waals surface area contributed by atoms with Gasteiger partial charge in [0.2, 0.25) is 5.95 Å². The molecule has 22 heavy (non-hydrogen) atoms. The molecule has 1 N–H and O–H groups in total. The Balaban J connectivity index is 1.45. The van der Waals surface area contributed by atoms with Crippen LogP contribution < -0.4 is 5.32 Å². The van der Waals surface area contributed by atoms with Crippen LogP contribution >= 0.6 is 0 Å². The van der Waals surface area contributed by atoms with E-state index >= 15 is 0 Å². The zero-order valence-electron chi connectivity index (χ0n) is 14.1. The van der Waals surface area contributed by atoms with Crippen molar-refractivity contribution in [2.24, 2.45) is 5.92 Å². The Labute approximate surface area is 134 Å². The fourth-order valence-corrected chi connectivity index (χ4v) is 3.97. The van der Waals surface area contributed by atoms with Crippen molar-refractivity contribution in [3.63, 3.8) is 0 Å². The van der Waals surface area contributed by atoms with Crippen LogP contribution in [0.1, 0.15) is 56.3 Å². The van der Waals surface area contributed by atoms with Crippen LogP contribution in [0.5, 0.6) is 0 Å². The van der Waals surface area contributed by atoms with Gasteiger partial charge in [-0.05, 0) is 51.5 Å². The molecule has 1 aromatic heterocycles. The topological polar surface area (TPSA) is 41.1 Å². The van der Waals surface area contributed by atoms with Gasteiger partial charge < -0.3 is 10.2 Å². The summed E-state index contributed by atoms with van der Waals surface area (Å²) in [5, 5.41) is 3.54. The van der Waals surface area contributed by atoms with E-state index in [1.165, 1.54) is 64.6 Å². The summed E-state index contributed by atoms with van der Waals surface area (Å²) in [5.74, 6) is 1.77. The molecule has 122 valence electrons. The monoisotopic (exact) mass is 302 g/mol. The van der Waals surface area contributed by atoms with E-state index in [0.717, 1.165) is 23.3 Å². The third-order valence-corrected chi connectivity index (χ3v) is 5.14. The third kappa shape index (κ3) is 4.42. The fourth-order valence-electron chi connectivity index (χ4n) is 3.97. The smallest absolute Gasteiger partial charge is 0.223 e. The van der Waals surface area contributed by atoms with Gasteiger partial charge in [-0.2, -0.15) is 0 Å². The number of likely N-dealkylation sites (tertiary alicyclic amines) is 1. The molecule has 2 fully saturated rings. The van der Waals surface area contributed by atoms with Crippen molar-refractivity contribution in [1.82, 2.24) is 14.9 Å². The van der Waals surface area contributed by atoms with Gasteiger partial charge in [0.25, 0.3) is 0 Å². The van der Waals surface area contributed by atoms with Crippen LogP contribution in [0.3, 0.4) is 0 Å². The molecule has 4 heteroatoms. The number of nitrogens with zero attached hydrogens (tertiary/aromatic N) is 3. The van der Waals surface area contributed by atoms with E-state index in [2.05, 4.69) is 20.2 Å². The van der Waals surface area contributed by atoms with Gasteiger partial charge in [-0.1, -0.05) is 19.3 Å². The van der Waals surface area contributed by atoms with Gasteiger partial charge in [0.1, 0.15) is 0 Å². The Morgan fingerprint density at radius 2 is 1.64 bits per heavy atom. The minimum atomic E-state index is 0.531. The number of rotatable bonds is 4. The van der Waals surface area contributed by atoms with Crippen molar-refractivity contribution >= 4 is 5.95 Å². The van der Waals surface area contributed by atoms with Gasteiger partial charge in [-0.25, -0.2) is 9.97 Å². The maximum atomic E-state index is 4.50. The van der Waals surface area contributed by atoms with Crippen LogP contribution in [0.25, 0.3) is 0 Å². The lowest BCUT2D eigenvalue weighted by Crippen LogP contribution is -2.41. The lowest BCUT2D eigenvalue weighted by atomic mass is 9.88. The summed E-state index contributed by atoms with van der Waals surface area (Å²) in [4.78, 5) is 11.7. The predicted molar refractivity (Wildman–Crippen MR) is 91.2 cm³/mol. The van der Waals surface area contributed by atoms with E-state index in [9.17, 15) is 0 Å². The summed E-state index contributed by atoms with van der Waals surface area (Å²) in [7, 11) is 0. The average molecular weight is 302 g/mol. The van der Waals surface area contributed by atoms with E-state index in [4.69, 9.17) is 0 Å². The molecule has 0 radical (unpaired) electrons. The SMILES string of the molecule is Cc1cc(C)nc(NC2CCN(CC3CCCCC3)CC2)n1. The molecule has 0 spiro atoms. The molecule has 0 aromatic carbocycles. The molecule has 1 saturated heterocycles. The van der Waals surface area contributed by atoms with Gasteiger partial charge in [-0.15, -0.1) is 0 Å². The molecular weight excluding hydrogens is 272 g/mol. The lowest BCUT2D eigenvalue weighted by molar-refractivity contribution is 0.168.